The number of ether oxygens (including phenoxy) is 1. The summed E-state index contributed by atoms with van der Waals surface area (Å²) in [6, 6.07) is 0. The third-order valence-electron chi connectivity index (χ3n) is 2.69. The van der Waals surface area contributed by atoms with E-state index in [2.05, 4.69) is 33.1 Å². The van der Waals surface area contributed by atoms with Crippen molar-refractivity contribution in [2.24, 2.45) is 5.92 Å². The molecule has 0 amide bonds. The standard InChI is InChI=1S/C12H18O/c1-5-13-12-8-11(9(2)3)7-6-10(12)4/h5-6,11-12H,1-2,7-8H2,3-4H3/t11-,12+/m0/s1. The van der Waals surface area contributed by atoms with Crippen molar-refractivity contribution in [3.63, 3.8) is 0 Å². The summed E-state index contributed by atoms with van der Waals surface area (Å²) in [4.78, 5) is 0. The molecule has 0 unspecified atom stereocenters. The smallest absolute Gasteiger partial charge is 0.119 e. The van der Waals surface area contributed by atoms with E-state index in [-0.39, 0.29) is 6.10 Å². The fourth-order valence-electron chi connectivity index (χ4n) is 1.68. The monoisotopic (exact) mass is 178 g/mol. The van der Waals surface area contributed by atoms with Gasteiger partial charge in [-0.25, -0.2) is 0 Å². The number of allylic oxidation sites excluding steroid dienone is 2. The van der Waals surface area contributed by atoms with Gasteiger partial charge in [-0.15, -0.1) is 0 Å². The highest BCUT2D eigenvalue weighted by Gasteiger charge is 2.22. The van der Waals surface area contributed by atoms with Crippen molar-refractivity contribution in [3.05, 3.63) is 36.6 Å². The minimum atomic E-state index is 0.216. The minimum Gasteiger partial charge on any atom is -0.494 e. The maximum Gasteiger partial charge on any atom is 0.119 e. The zero-order valence-electron chi connectivity index (χ0n) is 8.55. The van der Waals surface area contributed by atoms with Crippen molar-refractivity contribution >= 4 is 0 Å². The van der Waals surface area contributed by atoms with E-state index in [1.165, 1.54) is 17.4 Å². The lowest BCUT2D eigenvalue weighted by Gasteiger charge is -2.28. The quantitative estimate of drug-likeness (QED) is 0.475. The summed E-state index contributed by atoms with van der Waals surface area (Å²) < 4.78 is 5.43. The van der Waals surface area contributed by atoms with E-state index in [0.29, 0.717) is 5.92 Å². The Balaban J connectivity index is 2.65. The third kappa shape index (κ3) is 2.48. The Labute approximate surface area is 80.8 Å². The van der Waals surface area contributed by atoms with Gasteiger partial charge in [0.2, 0.25) is 0 Å². The molecule has 13 heavy (non-hydrogen) atoms. The van der Waals surface area contributed by atoms with Crippen LogP contribution in [0, 0.1) is 5.92 Å². The molecule has 0 saturated heterocycles. The molecule has 0 aromatic rings. The lowest BCUT2D eigenvalue weighted by atomic mass is 9.84. The largest absolute Gasteiger partial charge is 0.494 e. The third-order valence-corrected chi connectivity index (χ3v) is 2.69. The molecule has 0 heterocycles. The van der Waals surface area contributed by atoms with Crippen molar-refractivity contribution < 1.29 is 4.74 Å². The number of rotatable bonds is 3. The van der Waals surface area contributed by atoms with Crippen LogP contribution in [0.1, 0.15) is 26.7 Å². The molecule has 0 spiro atoms. The Hall–Kier alpha value is -0.980. The van der Waals surface area contributed by atoms with Gasteiger partial charge in [-0.2, -0.15) is 0 Å². The van der Waals surface area contributed by atoms with E-state index in [9.17, 15) is 0 Å². The zero-order chi connectivity index (χ0) is 9.84. The molecule has 1 nitrogen and oxygen atoms in total. The van der Waals surface area contributed by atoms with Gasteiger partial charge in [0.1, 0.15) is 6.10 Å². The fourth-order valence-corrected chi connectivity index (χ4v) is 1.68. The van der Waals surface area contributed by atoms with Gasteiger partial charge >= 0.3 is 0 Å². The molecule has 0 bridgehead atoms. The average molecular weight is 178 g/mol. The predicted octanol–water partition coefficient (Wildman–Crippen LogP) is 3.45. The molecule has 0 saturated carbocycles. The van der Waals surface area contributed by atoms with E-state index >= 15 is 0 Å². The second-order valence-electron chi connectivity index (χ2n) is 3.75. The topological polar surface area (TPSA) is 9.23 Å². The molecule has 2 atom stereocenters. The summed E-state index contributed by atoms with van der Waals surface area (Å²) in [5.41, 5.74) is 2.57. The normalized spacial score (nSPS) is 27.7. The summed E-state index contributed by atoms with van der Waals surface area (Å²) in [7, 11) is 0. The van der Waals surface area contributed by atoms with Crippen LogP contribution in [0.25, 0.3) is 0 Å². The average Bonchev–Trinajstić information content (AvgIpc) is 2.08. The van der Waals surface area contributed by atoms with E-state index in [4.69, 9.17) is 4.74 Å². The molecule has 0 aromatic carbocycles. The van der Waals surface area contributed by atoms with Gasteiger partial charge in [-0.05, 0) is 38.2 Å². The van der Waals surface area contributed by atoms with E-state index in [1.54, 1.807) is 0 Å². The highest BCUT2D eigenvalue weighted by molar-refractivity contribution is 5.15. The lowest BCUT2D eigenvalue weighted by Crippen LogP contribution is -2.21. The first-order valence-electron chi connectivity index (χ1n) is 4.73. The van der Waals surface area contributed by atoms with E-state index in [1.807, 2.05) is 0 Å². The Morgan fingerprint density at radius 2 is 2.38 bits per heavy atom. The van der Waals surface area contributed by atoms with Gasteiger partial charge in [0, 0.05) is 0 Å². The predicted molar refractivity (Wildman–Crippen MR) is 56.4 cm³/mol. The minimum absolute atomic E-state index is 0.216. The van der Waals surface area contributed by atoms with Crippen LogP contribution < -0.4 is 0 Å². The van der Waals surface area contributed by atoms with Crippen LogP contribution in [-0.4, -0.2) is 6.10 Å². The van der Waals surface area contributed by atoms with Gasteiger partial charge in [-0.1, -0.05) is 24.8 Å². The highest BCUT2D eigenvalue weighted by Crippen LogP contribution is 2.30. The summed E-state index contributed by atoms with van der Waals surface area (Å²) in [5, 5.41) is 0. The summed E-state index contributed by atoms with van der Waals surface area (Å²) in [5.74, 6) is 0.577. The van der Waals surface area contributed by atoms with Crippen molar-refractivity contribution in [1.82, 2.24) is 0 Å². The molecule has 1 heteroatoms. The van der Waals surface area contributed by atoms with Gasteiger partial charge < -0.3 is 4.74 Å². The lowest BCUT2D eigenvalue weighted by molar-refractivity contribution is 0.147. The summed E-state index contributed by atoms with van der Waals surface area (Å²) in [6.07, 6.45) is 6.15. The first-order chi connectivity index (χ1) is 6.15. The second kappa shape index (κ2) is 4.31. The molecular formula is C12H18O. The Kier molecular flexibility index (Phi) is 3.35. The first-order valence-corrected chi connectivity index (χ1v) is 4.73. The number of hydrogen-bond donors (Lipinski definition) is 0. The van der Waals surface area contributed by atoms with Crippen LogP contribution >= 0.6 is 0 Å². The Morgan fingerprint density at radius 3 is 2.92 bits per heavy atom. The van der Waals surface area contributed by atoms with Crippen molar-refractivity contribution in [3.8, 4) is 0 Å². The van der Waals surface area contributed by atoms with Gasteiger partial charge in [0.15, 0.2) is 0 Å². The van der Waals surface area contributed by atoms with Gasteiger partial charge in [0.25, 0.3) is 0 Å². The van der Waals surface area contributed by atoms with Crippen molar-refractivity contribution in [2.75, 3.05) is 0 Å². The highest BCUT2D eigenvalue weighted by atomic mass is 16.5. The molecule has 1 aliphatic carbocycles. The van der Waals surface area contributed by atoms with Gasteiger partial charge in [-0.3, -0.25) is 0 Å². The van der Waals surface area contributed by atoms with E-state index in [0.717, 1.165) is 12.8 Å². The first kappa shape index (κ1) is 10.1. The molecule has 72 valence electrons. The molecular weight excluding hydrogens is 160 g/mol. The maximum absolute atomic E-state index is 5.43. The van der Waals surface area contributed by atoms with Crippen LogP contribution in [0.3, 0.4) is 0 Å². The fraction of sp³-hybridized carbons (Fsp3) is 0.500. The second-order valence-corrected chi connectivity index (χ2v) is 3.75. The summed E-state index contributed by atoms with van der Waals surface area (Å²) in [6.45, 7) is 11.8. The summed E-state index contributed by atoms with van der Waals surface area (Å²) >= 11 is 0. The van der Waals surface area contributed by atoms with Crippen molar-refractivity contribution in [1.29, 1.82) is 0 Å². The van der Waals surface area contributed by atoms with E-state index < -0.39 is 0 Å². The van der Waals surface area contributed by atoms with Crippen LogP contribution in [0.2, 0.25) is 0 Å². The van der Waals surface area contributed by atoms with Crippen LogP contribution in [0.5, 0.6) is 0 Å². The molecule has 0 aromatic heterocycles. The molecule has 0 fully saturated rings. The van der Waals surface area contributed by atoms with Crippen molar-refractivity contribution in [2.45, 2.75) is 32.8 Å². The molecule has 0 radical (unpaired) electrons. The Morgan fingerprint density at radius 1 is 1.69 bits per heavy atom. The van der Waals surface area contributed by atoms with Crippen LogP contribution in [-0.2, 0) is 4.74 Å². The van der Waals surface area contributed by atoms with Crippen LogP contribution in [0.15, 0.2) is 36.6 Å². The molecule has 0 aliphatic heterocycles. The van der Waals surface area contributed by atoms with Crippen LogP contribution in [0.4, 0.5) is 0 Å². The zero-order valence-corrected chi connectivity index (χ0v) is 8.55. The molecule has 1 aliphatic rings. The molecule has 0 N–H and O–H groups in total. The van der Waals surface area contributed by atoms with Gasteiger partial charge in [0.05, 0.1) is 6.26 Å². The molecule has 1 rings (SSSR count). The number of hydrogen-bond acceptors (Lipinski definition) is 1. The maximum atomic E-state index is 5.43. The SMILES string of the molecule is C=CO[C@@H]1C[C@@H](C(=C)C)CC=C1C. The Bertz CT molecular complexity index is 238.